The summed E-state index contributed by atoms with van der Waals surface area (Å²) in [5.41, 5.74) is 2.50. The van der Waals surface area contributed by atoms with Gasteiger partial charge >= 0.3 is 0 Å². The Morgan fingerprint density at radius 1 is 1.12 bits per heavy atom. The second-order valence-electron chi connectivity index (χ2n) is 5.47. The molecule has 0 atom stereocenters. The number of allylic oxidation sites excluding steroid dienone is 1. The topological polar surface area (TPSA) is 50.4 Å². The third-order valence-corrected chi connectivity index (χ3v) is 3.26. The maximum absolute atomic E-state index is 13.1. The van der Waals surface area contributed by atoms with Crippen molar-refractivity contribution in [2.75, 3.05) is 6.54 Å². The molecule has 0 bridgehead atoms. The van der Waals surface area contributed by atoms with Crippen molar-refractivity contribution >= 4 is 5.91 Å². The van der Waals surface area contributed by atoms with Crippen molar-refractivity contribution in [2.45, 2.75) is 20.1 Å². The molecule has 24 heavy (non-hydrogen) atoms. The second-order valence-corrected chi connectivity index (χ2v) is 5.47. The van der Waals surface area contributed by atoms with Crippen LogP contribution in [0.25, 0.3) is 0 Å². The Hall–Kier alpha value is -2.82. The molecular weight excluding hydrogens is 307 g/mol. The van der Waals surface area contributed by atoms with Crippen LogP contribution < -0.4 is 15.4 Å². The molecule has 5 heteroatoms. The zero-order valence-electron chi connectivity index (χ0n) is 13.6. The van der Waals surface area contributed by atoms with Crippen molar-refractivity contribution in [2.24, 2.45) is 0 Å². The summed E-state index contributed by atoms with van der Waals surface area (Å²) >= 11 is 0. The number of halogens is 1. The van der Waals surface area contributed by atoms with Gasteiger partial charge in [-0.05, 0) is 42.3 Å². The lowest BCUT2D eigenvalue weighted by molar-refractivity contribution is -0.120. The van der Waals surface area contributed by atoms with Crippen LogP contribution in [0.5, 0.6) is 5.75 Å². The van der Waals surface area contributed by atoms with Gasteiger partial charge in [0.25, 0.3) is 0 Å². The maximum atomic E-state index is 13.1. The highest BCUT2D eigenvalue weighted by Crippen LogP contribution is 2.14. The average molecular weight is 328 g/mol. The predicted molar refractivity (Wildman–Crippen MR) is 91.8 cm³/mol. The molecule has 2 aromatic carbocycles. The Balaban J connectivity index is 1.78. The first-order valence-corrected chi connectivity index (χ1v) is 7.65. The minimum Gasteiger partial charge on any atom is -0.489 e. The van der Waals surface area contributed by atoms with Gasteiger partial charge in [-0.2, -0.15) is 0 Å². The van der Waals surface area contributed by atoms with Crippen LogP contribution in [-0.4, -0.2) is 12.5 Å². The van der Waals surface area contributed by atoms with E-state index >= 15 is 0 Å². The van der Waals surface area contributed by atoms with Gasteiger partial charge in [-0.1, -0.05) is 30.8 Å². The van der Waals surface area contributed by atoms with Crippen molar-refractivity contribution in [3.8, 4) is 5.75 Å². The fourth-order valence-corrected chi connectivity index (χ4v) is 1.99. The molecule has 0 saturated heterocycles. The first kappa shape index (κ1) is 17.5. The van der Waals surface area contributed by atoms with E-state index in [9.17, 15) is 9.18 Å². The highest BCUT2D eigenvalue weighted by atomic mass is 19.1. The molecule has 126 valence electrons. The number of amides is 1. The maximum Gasteiger partial charge on any atom is 0.239 e. The zero-order chi connectivity index (χ0) is 17.4. The summed E-state index contributed by atoms with van der Waals surface area (Å²) in [6, 6.07) is 13.7. The van der Waals surface area contributed by atoms with Gasteiger partial charge in [-0.15, -0.1) is 0 Å². The number of carbonyl (C=O) groups excluding carboxylic acids is 1. The van der Waals surface area contributed by atoms with E-state index in [1.807, 2.05) is 30.3 Å². The van der Waals surface area contributed by atoms with Gasteiger partial charge < -0.3 is 15.4 Å². The number of rotatable bonds is 8. The Labute approximate surface area is 141 Å². The van der Waals surface area contributed by atoms with Crippen LogP contribution in [-0.2, 0) is 17.9 Å². The van der Waals surface area contributed by atoms with Crippen molar-refractivity contribution in [3.63, 3.8) is 0 Å². The summed E-state index contributed by atoms with van der Waals surface area (Å²) in [6.07, 6.45) is 0. The molecule has 0 heterocycles. The molecule has 0 unspecified atom stereocenters. The summed E-state index contributed by atoms with van der Waals surface area (Å²) in [6.45, 7) is 6.44. The third kappa shape index (κ3) is 6.12. The SMILES string of the molecule is C=C(C)NCC(=O)NCc1ccc(OCc2cccc(F)c2)cc1. The lowest BCUT2D eigenvalue weighted by Gasteiger charge is -2.09. The van der Waals surface area contributed by atoms with E-state index in [1.165, 1.54) is 12.1 Å². The molecular formula is C19H21FN2O2. The van der Waals surface area contributed by atoms with Crippen LogP contribution in [0.15, 0.2) is 60.8 Å². The molecule has 4 nitrogen and oxygen atoms in total. The zero-order valence-corrected chi connectivity index (χ0v) is 13.6. The Kier molecular flexibility index (Phi) is 6.37. The Morgan fingerprint density at radius 2 is 1.88 bits per heavy atom. The van der Waals surface area contributed by atoms with Crippen LogP contribution in [0.1, 0.15) is 18.1 Å². The Bertz CT molecular complexity index is 699. The predicted octanol–water partition coefficient (Wildman–Crippen LogP) is 3.14. The highest BCUT2D eigenvalue weighted by molar-refractivity contribution is 5.78. The van der Waals surface area contributed by atoms with E-state index in [0.717, 1.165) is 16.8 Å². The summed E-state index contributed by atoms with van der Waals surface area (Å²) < 4.78 is 18.7. The van der Waals surface area contributed by atoms with Gasteiger partial charge in [-0.25, -0.2) is 4.39 Å². The minimum absolute atomic E-state index is 0.0931. The summed E-state index contributed by atoms with van der Waals surface area (Å²) in [4.78, 5) is 11.6. The van der Waals surface area contributed by atoms with E-state index in [0.29, 0.717) is 18.9 Å². The molecule has 0 aliphatic carbocycles. The largest absolute Gasteiger partial charge is 0.489 e. The van der Waals surface area contributed by atoms with Crippen LogP contribution in [0.3, 0.4) is 0 Å². The number of hydrogen-bond donors (Lipinski definition) is 2. The first-order chi connectivity index (χ1) is 11.5. The highest BCUT2D eigenvalue weighted by Gasteiger charge is 2.02. The molecule has 0 fully saturated rings. The van der Waals surface area contributed by atoms with Crippen molar-refractivity contribution in [1.82, 2.24) is 10.6 Å². The number of ether oxygens (including phenoxy) is 1. The molecule has 0 radical (unpaired) electrons. The van der Waals surface area contributed by atoms with E-state index in [-0.39, 0.29) is 18.3 Å². The quantitative estimate of drug-likeness (QED) is 0.783. The van der Waals surface area contributed by atoms with Crippen LogP contribution in [0.4, 0.5) is 4.39 Å². The Morgan fingerprint density at radius 3 is 2.54 bits per heavy atom. The number of hydrogen-bond acceptors (Lipinski definition) is 3. The molecule has 0 aromatic heterocycles. The summed E-state index contributed by atoms with van der Waals surface area (Å²) in [5, 5.41) is 5.69. The monoisotopic (exact) mass is 328 g/mol. The lowest BCUT2D eigenvalue weighted by Crippen LogP contribution is -2.32. The normalized spacial score (nSPS) is 10.1. The van der Waals surface area contributed by atoms with E-state index in [4.69, 9.17) is 4.74 Å². The second kappa shape index (κ2) is 8.72. The fourth-order valence-electron chi connectivity index (χ4n) is 1.99. The van der Waals surface area contributed by atoms with E-state index in [2.05, 4.69) is 17.2 Å². The summed E-state index contributed by atoms with van der Waals surface area (Å²) in [5.74, 6) is 0.325. The van der Waals surface area contributed by atoms with Gasteiger partial charge in [0.15, 0.2) is 0 Å². The number of carbonyl (C=O) groups is 1. The number of benzene rings is 2. The van der Waals surface area contributed by atoms with Crippen molar-refractivity contribution in [1.29, 1.82) is 0 Å². The van der Waals surface area contributed by atoms with Gasteiger partial charge in [-0.3, -0.25) is 4.79 Å². The van der Waals surface area contributed by atoms with E-state index < -0.39 is 0 Å². The number of nitrogens with one attached hydrogen (secondary N) is 2. The summed E-state index contributed by atoms with van der Waals surface area (Å²) in [7, 11) is 0. The molecule has 0 aliphatic heterocycles. The van der Waals surface area contributed by atoms with E-state index in [1.54, 1.807) is 13.0 Å². The third-order valence-electron chi connectivity index (χ3n) is 3.26. The average Bonchev–Trinajstić information content (AvgIpc) is 2.57. The van der Waals surface area contributed by atoms with Gasteiger partial charge in [0, 0.05) is 12.2 Å². The standard InChI is InChI=1S/C19H21FN2O2/c1-14(2)21-12-19(23)22-11-15-6-8-18(9-7-15)24-13-16-4-3-5-17(20)10-16/h3-10,21H,1,11-13H2,2H3,(H,22,23). The molecule has 0 saturated carbocycles. The fraction of sp³-hybridized carbons (Fsp3) is 0.211. The van der Waals surface area contributed by atoms with Crippen molar-refractivity contribution < 1.29 is 13.9 Å². The van der Waals surface area contributed by atoms with Gasteiger partial charge in [0.1, 0.15) is 18.2 Å². The smallest absolute Gasteiger partial charge is 0.239 e. The molecule has 2 N–H and O–H groups in total. The molecule has 0 aliphatic rings. The van der Waals surface area contributed by atoms with Gasteiger partial charge in [0.05, 0.1) is 6.54 Å². The minimum atomic E-state index is -0.275. The first-order valence-electron chi connectivity index (χ1n) is 7.65. The molecule has 0 spiro atoms. The van der Waals surface area contributed by atoms with Crippen LogP contribution in [0, 0.1) is 5.82 Å². The molecule has 1 amide bonds. The van der Waals surface area contributed by atoms with Crippen LogP contribution >= 0.6 is 0 Å². The molecule has 2 aromatic rings. The van der Waals surface area contributed by atoms with Crippen LogP contribution in [0.2, 0.25) is 0 Å². The lowest BCUT2D eigenvalue weighted by atomic mass is 10.2. The van der Waals surface area contributed by atoms with Gasteiger partial charge in [0.2, 0.25) is 5.91 Å². The van der Waals surface area contributed by atoms with Crippen molar-refractivity contribution in [3.05, 3.63) is 77.8 Å². The molecule has 2 rings (SSSR count).